The van der Waals surface area contributed by atoms with Crippen LogP contribution >= 0.6 is 0 Å². The second-order valence-corrected chi connectivity index (χ2v) is 12.6. The number of anilines is 1. The monoisotopic (exact) mass is 614 g/mol. The molecule has 0 amide bonds. The molecule has 4 aliphatic heterocycles. The summed E-state index contributed by atoms with van der Waals surface area (Å²) in [5, 5.41) is 5.08. The van der Waals surface area contributed by atoms with Crippen LogP contribution in [0.1, 0.15) is 37.7 Å². The largest absolute Gasteiger partial charge is 0.461 e. The van der Waals surface area contributed by atoms with E-state index in [1.54, 1.807) is 30.5 Å². The first kappa shape index (κ1) is 28.2. The number of aromatic nitrogens is 3. The number of pyridine rings is 1. The summed E-state index contributed by atoms with van der Waals surface area (Å²) in [7, 11) is 0. The molecule has 0 aliphatic carbocycles. The molecule has 0 radical (unpaired) electrons. The molecule has 6 heterocycles. The summed E-state index contributed by atoms with van der Waals surface area (Å²) in [6.07, 6.45) is 9.50. The van der Waals surface area contributed by atoms with Gasteiger partial charge in [0.2, 0.25) is 0 Å². The van der Waals surface area contributed by atoms with Crippen LogP contribution in [-0.2, 0) is 0 Å². The molecule has 1 unspecified atom stereocenters. The molecule has 2 aromatic carbocycles. The van der Waals surface area contributed by atoms with E-state index in [2.05, 4.69) is 26.1 Å². The van der Waals surface area contributed by atoms with Gasteiger partial charge in [-0.3, -0.25) is 9.88 Å². The van der Waals surface area contributed by atoms with Crippen molar-refractivity contribution in [3.8, 4) is 29.6 Å². The highest BCUT2D eigenvalue weighted by molar-refractivity contribution is 6.02. The van der Waals surface area contributed by atoms with Crippen LogP contribution in [0.3, 0.4) is 0 Å². The molecule has 11 heteroatoms. The zero-order chi connectivity index (χ0) is 30.9. The third-order valence-electron chi connectivity index (χ3n) is 9.96. The average Bonchev–Trinajstić information content (AvgIpc) is 3.71. The fourth-order valence-electron chi connectivity index (χ4n) is 7.84. The van der Waals surface area contributed by atoms with Crippen molar-refractivity contribution < 1.29 is 22.3 Å². The van der Waals surface area contributed by atoms with E-state index in [9.17, 15) is 13.2 Å². The standard InChI is InChI=1S/C34H30F4N6O/c1-2-23-26(35)10-7-19-5-3-6-24(27(19)23)29-28(36)30-25(14-39-29)32(43-16-21-8-9-22(17-43)40-21)42-33(41-30)45-18-34-11-4-12-44(34)15-20(13-34)31(37)38/h1,3,5-7,10,14,21-22,40H,4,8-9,11-13,15-18H2/t21-,22+,34?. The Labute approximate surface area is 257 Å². The van der Waals surface area contributed by atoms with Gasteiger partial charge >= 0.3 is 6.01 Å². The number of terminal acetylenes is 1. The summed E-state index contributed by atoms with van der Waals surface area (Å²) < 4.78 is 64.9. The molecule has 2 bridgehead atoms. The molecule has 8 rings (SSSR count). The molecule has 45 heavy (non-hydrogen) atoms. The van der Waals surface area contributed by atoms with Crippen LogP contribution in [0.4, 0.5) is 23.4 Å². The summed E-state index contributed by atoms with van der Waals surface area (Å²) in [5.74, 6) is 1.65. The van der Waals surface area contributed by atoms with Crippen molar-refractivity contribution in [2.75, 3.05) is 37.7 Å². The molecular weight excluding hydrogens is 584 g/mol. The molecule has 1 N–H and O–H groups in total. The highest BCUT2D eigenvalue weighted by Crippen LogP contribution is 2.43. The van der Waals surface area contributed by atoms with Crippen LogP contribution in [0.5, 0.6) is 6.01 Å². The fourth-order valence-corrected chi connectivity index (χ4v) is 7.84. The van der Waals surface area contributed by atoms with E-state index in [0.717, 1.165) is 19.3 Å². The highest BCUT2D eigenvalue weighted by atomic mass is 19.3. The van der Waals surface area contributed by atoms with E-state index >= 15 is 4.39 Å². The van der Waals surface area contributed by atoms with Crippen molar-refractivity contribution >= 4 is 27.5 Å². The highest BCUT2D eigenvalue weighted by Gasteiger charge is 2.48. The Morgan fingerprint density at radius 2 is 1.93 bits per heavy atom. The third-order valence-corrected chi connectivity index (χ3v) is 9.96. The normalized spacial score (nSPS) is 24.4. The number of ether oxygens (including phenoxy) is 1. The van der Waals surface area contributed by atoms with Gasteiger partial charge in [-0.05, 0) is 50.1 Å². The molecular formula is C34H30F4N6O. The molecule has 230 valence electrons. The first-order valence-corrected chi connectivity index (χ1v) is 15.3. The van der Waals surface area contributed by atoms with E-state index in [4.69, 9.17) is 16.1 Å². The topological polar surface area (TPSA) is 66.4 Å². The lowest BCUT2D eigenvalue weighted by Crippen LogP contribution is -2.51. The number of piperazine rings is 1. The summed E-state index contributed by atoms with van der Waals surface area (Å²) >= 11 is 0. The Bertz CT molecular complexity index is 1930. The van der Waals surface area contributed by atoms with Gasteiger partial charge in [-0.15, -0.1) is 6.42 Å². The SMILES string of the molecule is C#Cc1c(F)ccc2cccc(-c3ncc4c(N5C[C@H]6CC[C@@H](C5)N6)nc(OCC56CCCN5CC(=C(F)F)C6)nc4c3F)c12. The first-order chi connectivity index (χ1) is 21.8. The van der Waals surface area contributed by atoms with Crippen molar-refractivity contribution in [3.05, 3.63) is 65.4 Å². The molecule has 4 saturated heterocycles. The van der Waals surface area contributed by atoms with Gasteiger partial charge in [0.25, 0.3) is 6.08 Å². The van der Waals surface area contributed by atoms with Gasteiger partial charge in [-0.2, -0.15) is 18.7 Å². The van der Waals surface area contributed by atoms with Gasteiger partial charge in [0.05, 0.1) is 16.5 Å². The molecule has 2 aromatic heterocycles. The maximum Gasteiger partial charge on any atom is 0.319 e. The minimum absolute atomic E-state index is 0.0177. The van der Waals surface area contributed by atoms with Gasteiger partial charge in [0.1, 0.15) is 29.5 Å². The minimum Gasteiger partial charge on any atom is -0.461 e. The smallest absolute Gasteiger partial charge is 0.319 e. The lowest BCUT2D eigenvalue weighted by atomic mass is 9.94. The fraction of sp³-hybridized carbons (Fsp3) is 0.382. The Balaban J connectivity index is 1.25. The molecule has 3 atom stereocenters. The van der Waals surface area contributed by atoms with Crippen LogP contribution in [0.2, 0.25) is 0 Å². The van der Waals surface area contributed by atoms with E-state index in [-0.39, 0.29) is 60.0 Å². The van der Waals surface area contributed by atoms with Crippen molar-refractivity contribution in [1.29, 1.82) is 0 Å². The van der Waals surface area contributed by atoms with Gasteiger partial charge < -0.3 is 15.0 Å². The van der Waals surface area contributed by atoms with Gasteiger partial charge in [0, 0.05) is 54.4 Å². The number of nitrogens with zero attached hydrogens (tertiary/aromatic N) is 5. The lowest BCUT2D eigenvalue weighted by molar-refractivity contribution is 0.108. The third kappa shape index (κ3) is 4.61. The molecule has 0 spiro atoms. The molecule has 4 aliphatic rings. The zero-order valence-corrected chi connectivity index (χ0v) is 24.4. The van der Waals surface area contributed by atoms with Crippen molar-refractivity contribution in [1.82, 2.24) is 25.2 Å². The second kappa shape index (κ2) is 10.7. The molecule has 7 nitrogen and oxygen atoms in total. The Hall–Kier alpha value is -4.27. The van der Waals surface area contributed by atoms with Crippen molar-refractivity contribution in [2.45, 2.75) is 49.7 Å². The number of rotatable bonds is 5. The molecule has 4 aromatic rings. The number of fused-ring (bicyclic) bond motifs is 5. The van der Waals surface area contributed by atoms with Crippen LogP contribution in [0.15, 0.2) is 48.2 Å². The number of halogens is 4. The summed E-state index contributed by atoms with van der Waals surface area (Å²) in [4.78, 5) is 18.0. The minimum atomic E-state index is -1.63. The summed E-state index contributed by atoms with van der Waals surface area (Å²) in [6.45, 7) is 2.40. The van der Waals surface area contributed by atoms with E-state index in [0.29, 0.717) is 53.6 Å². The van der Waals surface area contributed by atoms with Gasteiger partial charge in [-0.1, -0.05) is 30.2 Å². The maximum atomic E-state index is 16.7. The number of hydrogen-bond donors (Lipinski definition) is 1. The van der Waals surface area contributed by atoms with Gasteiger partial charge in [0.15, 0.2) is 5.82 Å². The lowest BCUT2D eigenvalue weighted by Gasteiger charge is -2.34. The number of hydrogen-bond acceptors (Lipinski definition) is 7. The first-order valence-electron chi connectivity index (χ1n) is 15.3. The van der Waals surface area contributed by atoms with E-state index in [1.165, 1.54) is 6.07 Å². The molecule has 4 fully saturated rings. The number of nitrogens with one attached hydrogen (secondary N) is 1. The summed E-state index contributed by atoms with van der Waals surface area (Å²) in [6, 6.07) is 8.64. The Morgan fingerprint density at radius 1 is 1.11 bits per heavy atom. The average molecular weight is 615 g/mol. The predicted octanol–water partition coefficient (Wildman–Crippen LogP) is 5.81. The van der Waals surface area contributed by atoms with Crippen molar-refractivity contribution in [2.24, 2.45) is 0 Å². The molecule has 0 saturated carbocycles. The van der Waals surface area contributed by atoms with Crippen LogP contribution in [0, 0.1) is 24.0 Å². The van der Waals surface area contributed by atoms with E-state index in [1.807, 2.05) is 4.90 Å². The maximum absolute atomic E-state index is 16.7. The number of benzene rings is 2. The van der Waals surface area contributed by atoms with E-state index < -0.39 is 23.3 Å². The van der Waals surface area contributed by atoms with Gasteiger partial charge in [-0.25, -0.2) is 8.78 Å². The Kier molecular flexibility index (Phi) is 6.69. The van der Waals surface area contributed by atoms with Crippen LogP contribution in [-0.4, -0.2) is 70.3 Å². The zero-order valence-electron chi connectivity index (χ0n) is 24.4. The Morgan fingerprint density at radius 3 is 2.71 bits per heavy atom. The van der Waals surface area contributed by atoms with Crippen LogP contribution in [0.25, 0.3) is 32.9 Å². The summed E-state index contributed by atoms with van der Waals surface area (Å²) in [5.41, 5.74) is -0.0648. The van der Waals surface area contributed by atoms with Crippen LogP contribution < -0.4 is 15.0 Å². The predicted molar refractivity (Wildman–Crippen MR) is 163 cm³/mol. The van der Waals surface area contributed by atoms with Crippen molar-refractivity contribution in [3.63, 3.8) is 0 Å². The second-order valence-electron chi connectivity index (χ2n) is 12.6. The quantitative estimate of drug-likeness (QED) is 0.225.